The van der Waals surface area contributed by atoms with Crippen LogP contribution in [-0.2, 0) is 4.74 Å². The number of phenols is 1. The number of methoxy groups -OCH3 is 1. The summed E-state index contributed by atoms with van der Waals surface area (Å²) < 4.78 is 24.3. The molecule has 168 valence electrons. The lowest BCUT2D eigenvalue weighted by Gasteiger charge is -2.20. The monoisotopic (exact) mass is 442 g/mol. The Hall–Kier alpha value is -4.13. The predicted octanol–water partition coefficient (Wildman–Crippen LogP) is 4.26. The van der Waals surface area contributed by atoms with Crippen LogP contribution in [0.5, 0.6) is 11.5 Å². The molecule has 0 bridgehead atoms. The van der Waals surface area contributed by atoms with Crippen LogP contribution in [0, 0.1) is 24.7 Å². The zero-order chi connectivity index (χ0) is 24.2. The highest BCUT2D eigenvalue weighted by molar-refractivity contribution is 6.14. The summed E-state index contributed by atoms with van der Waals surface area (Å²) in [6, 6.07) is 4.76. The number of hydrogen-bond acceptors (Lipinski definition) is 6. The first-order chi connectivity index (χ1) is 14.9. The number of carbonyl (C=O) groups excluding carboxylic acids is 2. The lowest BCUT2D eigenvalue weighted by atomic mass is 9.93. The van der Waals surface area contributed by atoms with E-state index in [1.165, 1.54) is 19.2 Å². The number of halogens is 1. The van der Waals surface area contributed by atoms with Gasteiger partial charge in [0.25, 0.3) is 5.91 Å². The number of aromatic hydroxyl groups is 1. The van der Waals surface area contributed by atoms with E-state index in [4.69, 9.17) is 21.5 Å². The Bertz CT molecular complexity index is 1130. The van der Waals surface area contributed by atoms with Gasteiger partial charge in [0, 0.05) is 11.1 Å². The third-order valence-electron chi connectivity index (χ3n) is 4.10. The number of nitrogens with zero attached hydrogens (tertiary/aromatic N) is 1. The molecule has 4 N–H and O–H groups in total. The van der Waals surface area contributed by atoms with Gasteiger partial charge in [0.05, 0.1) is 19.2 Å². The van der Waals surface area contributed by atoms with Gasteiger partial charge in [-0.25, -0.2) is 14.0 Å². The highest BCUT2D eigenvalue weighted by Crippen LogP contribution is 2.44. The van der Waals surface area contributed by atoms with Crippen molar-refractivity contribution >= 4 is 23.6 Å². The molecule has 0 aromatic heterocycles. The van der Waals surface area contributed by atoms with Gasteiger partial charge in [-0.05, 0) is 57.5 Å². The number of rotatable bonds is 3. The fraction of sp³-hybridized carbons (Fsp3) is 0.273. The first kappa shape index (κ1) is 24.1. The van der Waals surface area contributed by atoms with Gasteiger partial charge in [-0.1, -0.05) is 0 Å². The van der Waals surface area contributed by atoms with Gasteiger partial charge in [-0.2, -0.15) is 0 Å². The van der Waals surface area contributed by atoms with Gasteiger partial charge in [0.2, 0.25) is 5.96 Å². The second-order valence-corrected chi connectivity index (χ2v) is 7.72. The van der Waals surface area contributed by atoms with E-state index in [2.05, 4.69) is 15.5 Å². The van der Waals surface area contributed by atoms with E-state index in [0.29, 0.717) is 5.56 Å². The number of amides is 2. The quantitative estimate of drug-likeness (QED) is 0.321. The van der Waals surface area contributed by atoms with E-state index in [1.54, 1.807) is 27.7 Å². The maximum Gasteiger partial charge on any atom is 0.414 e. The molecule has 2 aromatic rings. The van der Waals surface area contributed by atoms with Crippen molar-refractivity contribution in [2.24, 2.45) is 0 Å². The molecular formula is C22H23FN4O5. The van der Waals surface area contributed by atoms with Crippen LogP contribution in [0.2, 0.25) is 0 Å². The zero-order valence-electron chi connectivity index (χ0n) is 18.2. The van der Waals surface area contributed by atoms with Gasteiger partial charge < -0.3 is 14.6 Å². The first-order valence-corrected chi connectivity index (χ1v) is 9.35. The van der Waals surface area contributed by atoms with Crippen LogP contribution in [0.4, 0.5) is 14.9 Å². The summed E-state index contributed by atoms with van der Waals surface area (Å²) in [5, 5.41) is 22.5. The number of carbonyl (C=O) groups is 2. The summed E-state index contributed by atoms with van der Waals surface area (Å²) in [6.45, 7) is 14.0. The first-order valence-electron chi connectivity index (χ1n) is 9.35. The summed E-state index contributed by atoms with van der Waals surface area (Å²) in [4.78, 5) is 28.2. The van der Waals surface area contributed by atoms with E-state index < -0.39 is 35.1 Å². The molecule has 10 heteroatoms. The zero-order valence-corrected chi connectivity index (χ0v) is 18.2. The molecule has 0 aliphatic heterocycles. The lowest BCUT2D eigenvalue weighted by Crippen LogP contribution is -2.45. The average molecular weight is 442 g/mol. The number of guanidine groups is 1. The molecule has 0 fully saturated rings. The molecule has 2 aromatic carbocycles. The van der Waals surface area contributed by atoms with E-state index in [1.807, 2.05) is 0 Å². The number of benzene rings is 2. The van der Waals surface area contributed by atoms with Crippen LogP contribution in [0.25, 0.3) is 16.0 Å². The van der Waals surface area contributed by atoms with Crippen LogP contribution in [-0.4, -0.2) is 35.8 Å². The Morgan fingerprint density at radius 1 is 1.22 bits per heavy atom. The second kappa shape index (κ2) is 9.34. The molecule has 0 aliphatic carbocycles. The van der Waals surface area contributed by atoms with Crippen molar-refractivity contribution in [1.29, 1.82) is 5.41 Å². The Morgan fingerprint density at radius 3 is 2.44 bits per heavy atom. The van der Waals surface area contributed by atoms with Crippen LogP contribution >= 0.6 is 0 Å². The molecule has 0 heterocycles. The fourth-order valence-corrected chi connectivity index (χ4v) is 2.91. The second-order valence-electron chi connectivity index (χ2n) is 7.72. The largest absolute Gasteiger partial charge is 0.507 e. The van der Waals surface area contributed by atoms with Gasteiger partial charge in [-0.15, -0.1) is 0 Å². The Kier molecular flexibility index (Phi) is 7.05. The summed E-state index contributed by atoms with van der Waals surface area (Å²) in [6.07, 6.45) is -0.968. The molecule has 0 saturated carbocycles. The average Bonchev–Trinajstić information content (AvgIpc) is 2.65. The van der Waals surface area contributed by atoms with Crippen LogP contribution in [0.3, 0.4) is 0 Å². The van der Waals surface area contributed by atoms with Gasteiger partial charge in [0.15, 0.2) is 5.69 Å². The minimum absolute atomic E-state index is 0.0107. The van der Waals surface area contributed by atoms with Crippen molar-refractivity contribution in [2.45, 2.75) is 33.3 Å². The molecule has 9 nitrogen and oxygen atoms in total. The van der Waals surface area contributed by atoms with Crippen LogP contribution in [0.15, 0.2) is 24.3 Å². The normalized spacial score (nSPS) is 10.7. The summed E-state index contributed by atoms with van der Waals surface area (Å²) >= 11 is 0. The minimum Gasteiger partial charge on any atom is -0.507 e. The highest BCUT2D eigenvalue weighted by atomic mass is 19.1. The minimum atomic E-state index is -1.00. The molecule has 2 rings (SSSR count). The van der Waals surface area contributed by atoms with Crippen LogP contribution in [0.1, 0.15) is 36.7 Å². The van der Waals surface area contributed by atoms with Crippen molar-refractivity contribution in [3.63, 3.8) is 0 Å². The van der Waals surface area contributed by atoms with Crippen molar-refractivity contribution in [3.05, 3.63) is 52.6 Å². The number of ether oxygens (including phenoxy) is 2. The van der Waals surface area contributed by atoms with Crippen LogP contribution < -0.4 is 15.4 Å². The topological polar surface area (TPSA) is 125 Å². The maximum atomic E-state index is 14.0. The van der Waals surface area contributed by atoms with Gasteiger partial charge in [-0.3, -0.25) is 20.8 Å². The van der Waals surface area contributed by atoms with E-state index in [0.717, 1.165) is 12.1 Å². The standard InChI is InChI=1S/C22H23FN4O5/c1-11-9-14(28)17(19(29)26-20(24)27-21(30)32-22(2,3)4)16(18(11)25-5)13-10-12(23)7-8-15(13)31-6/h7-10,28H,1-4,6H3,(H3,24,26,27,29,30). The van der Waals surface area contributed by atoms with Gasteiger partial charge >= 0.3 is 6.09 Å². The molecule has 0 saturated heterocycles. The van der Waals surface area contributed by atoms with E-state index >= 15 is 0 Å². The number of alkyl carbamates (subject to hydrolysis) is 1. The van der Waals surface area contributed by atoms with Crippen molar-refractivity contribution in [2.75, 3.05) is 7.11 Å². The molecular weight excluding hydrogens is 419 g/mol. The smallest absolute Gasteiger partial charge is 0.414 e. The SMILES string of the molecule is [C-]#[N+]c1c(C)cc(O)c(C(=O)NC(=N)NC(=O)OC(C)(C)C)c1-c1cc(F)ccc1OC. The molecule has 0 radical (unpaired) electrons. The molecule has 0 atom stereocenters. The number of hydrogen-bond donors (Lipinski definition) is 4. The number of nitrogens with one attached hydrogen (secondary N) is 3. The summed E-state index contributed by atoms with van der Waals surface area (Å²) in [5.41, 5.74) is -0.886. The number of phenolic OH excluding ortho intramolecular Hbond substituents is 1. The third-order valence-corrected chi connectivity index (χ3v) is 4.10. The summed E-state index contributed by atoms with van der Waals surface area (Å²) in [7, 11) is 1.34. The van der Waals surface area contributed by atoms with E-state index in [-0.39, 0.29) is 28.1 Å². The predicted molar refractivity (Wildman–Crippen MR) is 116 cm³/mol. The molecule has 32 heavy (non-hydrogen) atoms. The number of aryl methyl sites for hydroxylation is 1. The van der Waals surface area contributed by atoms with Crippen molar-refractivity contribution < 1.29 is 28.6 Å². The third kappa shape index (κ3) is 5.51. The Morgan fingerprint density at radius 2 is 1.88 bits per heavy atom. The lowest BCUT2D eigenvalue weighted by molar-refractivity contribution is 0.0561. The molecule has 0 aliphatic rings. The molecule has 0 unspecified atom stereocenters. The molecule has 0 spiro atoms. The molecule has 2 amide bonds. The van der Waals surface area contributed by atoms with Gasteiger partial charge in [0.1, 0.15) is 22.9 Å². The highest BCUT2D eigenvalue weighted by Gasteiger charge is 2.27. The van der Waals surface area contributed by atoms with Crippen molar-refractivity contribution in [1.82, 2.24) is 10.6 Å². The summed E-state index contributed by atoms with van der Waals surface area (Å²) in [5.74, 6) is -2.71. The fourth-order valence-electron chi connectivity index (χ4n) is 2.91. The Balaban J connectivity index is 2.54. The van der Waals surface area contributed by atoms with Crippen molar-refractivity contribution in [3.8, 4) is 22.6 Å². The maximum absolute atomic E-state index is 14.0. The van der Waals surface area contributed by atoms with E-state index in [9.17, 15) is 19.1 Å². The Labute approximate surface area is 184 Å².